The summed E-state index contributed by atoms with van der Waals surface area (Å²) >= 11 is 6.37. The van der Waals surface area contributed by atoms with Crippen LogP contribution in [0.3, 0.4) is 0 Å². The highest BCUT2D eigenvalue weighted by molar-refractivity contribution is 6.32. The van der Waals surface area contributed by atoms with Gasteiger partial charge in [-0.15, -0.1) is 0 Å². The largest absolute Gasteiger partial charge is 0.495 e. The van der Waals surface area contributed by atoms with Crippen molar-refractivity contribution in [3.05, 3.63) is 89.5 Å². The Labute approximate surface area is 196 Å². The zero-order valence-electron chi connectivity index (χ0n) is 18.1. The summed E-state index contributed by atoms with van der Waals surface area (Å²) < 4.78 is 11.3. The number of nitrogens with zero attached hydrogens (tertiary/aromatic N) is 3. The molecule has 166 valence electrons. The molecule has 4 rings (SSSR count). The molecule has 1 N–H and O–H groups in total. The van der Waals surface area contributed by atoms with Gasteiger partial charge in [-0.1, -0.05) is 30.7 Å². The molecule has 2 aromatic carbocycles. The van der Waals surface area contributed by atoms with Gasteiger partial charge in [0.25, 0.3) is 5.91 Å². The SMILES string of the molecule is CCc1nccc(-c2cccnc2Oc2cc(C(=O)Nc3ccccc3OC)ccc2Cl)n1. The van der Waals surface area contributed by atoms with Crippen LogP contribution in [0.2, 0.25) is 5.02 Å². The van der Waals surface area contributed by atoms with Crippen LogP contribution in [0.4, 0.5) is 5.69 Å². The number of ether oxygens (including phenoxy) is 2. The number of hydrogen-bond donors (Lipinski definition) is 1. The molecule has 2 heterocycles. The molecule has 0 aliphatic heterocycles. The van der Waals surface area contributed by atoms with Gasteiger partial charge < -0.3 is 14.8 Å². The van der Waals surface area contributed by atoms with Crippen LogP contribution in [0.15, 0.2) is 73.1 Å². The predicted octanol–water partition coefficient (Wildman–Crippen LogP) is 5.81. The summed E-state index contributed by atoms with van der Waals surface area (Å²) in [4.78, 5) is 26.0. The average molecular weight is 461 g/mol. The molecule has 8 heteroatoms. The van der Waals surface area contributed by atoms with Gasteiger partial charge in [-0.3, -0.25) is 4.79 Å². The monoisotopic (exact) mass is 460 g/mol. The van der Waals surface area contributed by atoms with E-state index >= 15 is 0 Å². The molecule has 0 bridgehead atoms. The second kappa shape index (κ2) is 10.1. The summed E-state index contributed by atoms with van der Waals surface area (Å²) in [7, 11) is 1.55. The smallest absolute Gasteiger partial charge is 0.255 e. The van der Waals surface area contributed by atoms with E-state index in [4.69, 9.17) is 21.1 Å². The Morgan fingerprint density at radius 1 is 1.00 bits per heavy atom. The lowest BCUT2D eigenvalue weighted by atomic mass is 10.1. The molecule has 33 heavy (non-hydrogen) atoms. The van der Waals surface area contributed by atoms with Crippen molar-refractivity contribution >= 4 is 23.2 Å². The van der Waals surface area contributed by atoms with Gasteiger partial charge in [-0.05, 0) is 48.5 Å². The lowest BCUT2D eigenvalue weighted by Crippen LogP contribution is -2.12. The maximum atomic E-state index is 12.9. The number of hydrogen-bond acceptors (Lipinski definition) is 6. The van der Waals surface area contributed by atoms with E-state index in [-0.39, 0.29) is 5.91 Å². The van der Waals surface area contributed by atoms with Crippen molar-refractivity contribution in [3.8, 4) is 28.6 Å². The number of carbonyl (C=O) groups is 1. The summed E-state index contributed by atoms with van der Waals surface area (Å²) in [5.41, 5.74) is 2.30. The molecule has 0 spiro atoms. The van der Waals surface area contributed by atoms with Crippen LogP contribution < -0.4 is 14.8 Å². The molecule has 0 unspecified atom stereocenters. The molecule has 4 aromatic rings. The van der Waals surface area contributed by atoms with E-state index in [1.807, 2.05) is 25.1 Å². The van der Waals surface area contributed by atoms with Crippen molar-refractivity contribution in [2.45, 2.75) is 13.3 Å². The molecule has 2 aromatic heterocycles. The van der Waals surface area contributed by atoms with Gasteiger partial charge in [-0.2, -0.15) is 0 Å². The third kappa shape index (κ3) is 5.10. The van der Waals surface area contributed by atoms with Crippen molar-refractivity contribution < 1.29 is 14.3 Å². The van der Waals surface area contributed by atoms with Crippen molar-refractivity contribution in [1.82, 2.24) is 15.0 Å². The van der Waals surface area contributed by atoms with E-state index in [1.165, 1.54) is 0 Å². The summed E-state index contributed by atoms with van der Waals surface area (Å²) in [6.07, 6.45) is 4.03. The number of methoxy groups -OCH3 is 1. The fourth-order valence-electron chi connectivity index (χ4n) is 3.16. The van der Waals surface area contributed by atoms with Gasteiger partial charge in [0.2, 0.25) is 5.88 Å². The molecular weight excluding hydrogens is 440 g/mol. The lowest BCUT2D eigenvalue weighted by Gasteiger charge is -2.13. The van der Waals surface area contributed by atoms with Crippen LogP contribution in [-0.4, -0.2) is 28.0 Å². The topological polar surface area (TPSA) is 86.2 Å². The standard InChI is InChI=1S/C25H21ClN4O3/c1-3-23-27-14-12-19(29-23)17-7-6-13-28-25(17)33-22-15-16(10-11-18(22)26)24(31)30-20-8-4-5-9-21(20)32-2/h4-15H,3H2,1-2H3,(H,30,31). The van der Waals surface area contributed by atoms with Gasteiger partial charge in [0.05, 0.1) is 29.1 Å². The molecule has 0 fully saturated rings. The van der Waals surface area contributed by atoms with Gasteiger partial charge in [0.1, 0.15) is 17.3 Å². The van der Waals surface area contributed by atoms with Gasteiger partial charge in [0.15, 0.2) is 0 Å². The number of benzene rings is 2. The molecule has 7 nitrogen and oxygen atoms in total. The third-order valence-corrected chi connectivity index (χ3v) is 5.14. The first-order chi connectivity index (χ1) is 16.1. The van der Waals surface area contributed by atoms with Gasteiger partial charge in [-0.25, -0.2) is 15.0 Å². The molecular formula is C25H21ClN4O3. The highest BCUT2D eigenvalue weighted by Crippen LogP contribution is 2.34. The fourth-order valence-corrected chi connectivity index (χ4v) is 3.31. The first-order valence-electron chi connectivity index (χ1n) is 10.3. The number of amides is 1. The lowest BCUT2D eigenvalue weighted by molar-refractivity contribution is 0.102. The third-order valence-electron chi connectivity index (χ3n) is 4.82. The van der Waals surface area contributed by atoms with Crippen molar-refractivity contribution in [1.29, 1.82) is 0 Å². The predicted molar refractivity (Wildman–Crippen MR) is 127 cm³/mol. The van der Waals surface area contributed by atoms with Crippen LogP contribution in [-0.2, 0) is 6.42 Å². The summed E-state index contributed by atoms with van der Waals surface area (Å²) in [6, 6.07) is 17.4. The van der Waals surface area contributed by atoms with Crippen LogP contribution in [0.1, 0.15) is 23.1 Å². The van der Waals surface area contributed by atoms with E-state index in [1.54, 1.807) is 62.0 Å². The zero-order valence-corrected chi connectivity index (χ0v) is 18.8. The number of rotatable bonds is 7. The minimum Gasteiger partial charge on any atom is -0.495 e. The van der Waals surface area contributed by atoms with E-state index in [2.05, 4.69) is 20.3 Å². The van der Waals surface area contributed by atoms with E-state index in [0.717, 1.165) is 5.82 Å². The summed E-state index contributed by atoms with van der Waals surface area (Å²) in [5.74, 6) is 1.57. The number of halogens is 1. The first-order valence-corrected chi connectivity index (χ1v) is 10.7. The molecule has 0 radical (unpaired) electrons. The molecule has 0 saturated carbocycles. The van der Waals surface area contributed by atoms with Crippen molar-refractivity contribution in [2.24, 2.45) is 0 Å². The summed E-state index contributed by atoms with van der Waals surface area (Å²) in [6.45, 7) is 1.99. The highest BCUT2D eigenvalue weighted by atomic mass is 35.5. The van der Waals surface area contributed by atoms with Crippen molar-refractivity contribution in [2.75, 3.05) is 12.4 Å². The molecule has 0 aliphatic carbocycles. The van der Waals surface area contributed by atoms with Crippen LogP contribution in [0, 0.1) is 0 Å². The average Bonchev–Trinajstić information content (AvgIpc) is 2.86. The van der Waals surface area contributed by atoms with Crippen LogP contribution in [0.25, 0.3) is 11.3 Å². The van der Waals surface area contributed by atoms with Crippen LogP contribution in [0.5, 0.6) is 17.4 Å². The maximum Gasteiger partial charge on any atom is 0.255 e. The Bertz CT molecular complexity index is 1300. The molecule has 0 aliphatic rings. The molecule has 0 atom stereocenters. The van der Waals surface area contributed by atoms with E-state index in [9.17, 15) is 4.79 Å². The Morgan fingerprint density at radius 3 is 2.67 bits per heavy atom. The second-order valence-electron chi connectivity index (χ2n) is 6.97. The second-order valence-corrected chi connectivity index (χ2v) is 7.38. The Morgan fingerprint density at radius 2 is 1.85 bits per heavy atom. The number of aryl methyl sites for hydroxylation is 1. The number of anilines is 1. The number of para-hydroxylation sites is 2. The quantitative estimate of drug-likeness (QED) is 0.374. The summed E-state index contributed by atoms with van der Waals surface area (Å²) in [5, 5.41) is 3.19. The number of carbonyl (C=O) groups excluding carboxylic acids is 1. The van der Waals surface area contributed by atoms with Gasteiger partial charge >= 0.3 is 0 Å². The molecule has 0 saturated heterocycles. The van der Waals surface area contributed by atoms with Crippen molar-refractivity contribution in [3.63, 3.8) is 0 Å². The Hall–Kier alpha value is -3.97. The fraction of sp³-hybridized carbons (Fsp3) is 0.120. The van der Waals surface area contributed by atoms with Crippen LogP contribution >= 0.6 is 11.6 Å². The number of nitrogens with one attached hydrogen (secondary N) is 1. The Kier molecular flexibility index (Phi) is 6.80. The first kappa shape index (κ1) is 22.2. The molecule has 1 amide bonds. The van der Waals surface area contributed by atoms with E-state index < -0.39 is 0 Å². The minimum absolute atomic E-state index is 0.300. The number of aromatic nitrogens is 3. The Balaban J connectivity index is 1.63. The normalized spacial score (nSPS) is 10.5. The minimum atomic E-state index is -0.328. The van der Waals surface area contributed by atoms with Gasteiger partial charge in [0, 0.05) is 24.4 Å². The number of pyridine rings is 1. The maximum absolute atomic E-state index is 12.9. The zero-order chi connectivity index (χ0) is 23.2. The highest BCUT2D eigenvalue weighted by Gasteiger charge is 2.16. The van der Waals surface area contributed by atoms with E-state index in [0.29, 0.717) is 51.3 Å².